The Bertz CT molecular complexity index is 2010. The number of alkyl halides is 1. The molecule has 2 saturated heterocycles. The highest BCUT2D eigenvalue weighted by Gasteiger charge is 2.80. The SMILES string of the molecule is CC(=O)OCC(=O)[C@@]12OC(C)(C)O[C@@H]1CC1C3CCC4=CC(=O)C=C[C@]4(C)[C@@]3(F)[C@@H](O)C[C@@]12C.CC(=O)OCC1CCC(n2cnc3c(=O)[nH]cnc32)O1. The van der Waals surface area contributed by atoms with E-state index >= 15 is 4.39 Å². The maximum atomic E-state index is 17.3. The third-order valence-electron chi connectivity index (χ3n) is 12.7. The number of H-pyrrole nitrogens is 1. The number of aliphatic hydroxyl groups excluding tert-OH is 1. The summed E-state index contributed by atoms with van der Waals surface area (Å²) in [7, 11) is 0. The summed E-state index contributed by atoms with van der Waals surface area (Å²) >= 11 is 0. The zero-order valence-electron chi connectivity index (χ0n) is 31.3. The minimum atomic E-state index is -2.01. The van der Waals surface area contributed by atoms with E-state index in [2.05, 4.69) is 15.0 Å². The number of ether oxygens (including phenoxy) is 5. The molecule has 5 fully saturated rings. The van der Waals surface area contributed by atoms with E-state index in [1.54, 1.807) is 37.7 Å². The van der Waals surface area contributed by atoms with Gasteiger partial charge in [-0.2, -0.15) is 0 Å². The summed E-state index contributed by atoms with van der Waals surface area (Å²) < 4.78 is 47.4. The number of fused-ring (bicyclic) bond motifs is 8. The Hall–Kier alpha value is -4.12. The number of rotatable bonds is 6. The number of hydrogen-bond donors (Lipinski definition) is 2. The molecular formula is C38H47FN4O11. The van der Waals surface area contributed by atoms with Gasteiger partial charge in [0.05, 0.1) is 31.0 Å². The first-order valence-corrected chi connectivity index (χ1v) is 18.4. The van der Waals surface area contributed by atoms with Crippen molar-refractivity contribution < 1.29 is 52.4 Å². The molecule has 2 N–H and O–H groups in total. The lowest BCUT2D eigenvalue weighted by atomic mass is 9.44. The average molecular weight is 755 g/mol. The number of nitrogens with zero attached hydrogens (tertiary/aromatic N) is 3. The van der Waals surface area contributed by atoms with Crippen LogP contribution in [-0.2, 0) is 42.9 Å². The van der Waals surface area contributed by atoms with Gasteiger partial charge in [-0.25, -0.2) is 14.4 Å². The Balaban J connectivity index is 0.000000191. The van der Waals surface area contributed by atoms with Crippen LogP contribution in [0.5, 0.6) is 0 Å². The van der Waals surface area contributed by atoms with E-state index in [-0.39, 0.29) is 48.6 Å². The smallest absolute Gasteiger partial charge is 0.303 e. The van der Waals surface area contributed by atoms with Gasteiger partial charge >= 0.3 is 11.9 Å². The molecule has 16 heteroatoms. The van der Waals surface area contributed by atoms with Crippen molar-refractivity contribution in [1.29, 1.82) is 0 Å². The molecule has 0 spiro atoms. The molecule has 0 amide bonds. The molecule has 0 radical (unpaired) electrons. The first kappa shape index (κ1) is 38.2. The predicted molar refractivity (Wildman–Crippen MR) is 186 cm³/mol. The van der Waals surface area contributed by atoms with Crippen LogP contribution in [0.2, 0.25) is 0 Å². The number of allylic oxidation sites excluding steroid dienone is 4. The quantitative estimate of drug-likeness (QED) is 0.408. The molecule has 8 rings (SSSR count). The van der Waals surface area contributed by atoms with Crippen molar-refractivity contribution in [2.24, 2.45) is 22.7 Å². The number of ketones is 2. The second-order valence-electron chi connectivity index (χ2n) is 16.2. The van der Waals surface area contributed by atoms with E-state index in [0.717, 1.165) is 12.8 Å². The standard InChI is InChI=1S/C26H33FO7.C12H14N4O4/c1-14(28)32-13-20(31)26-21(33-22(2,3)34-26)11-18-17-7-6-15-10-16(29)8-9-23(15,4)25(17,27)19(30)12-24(18,26)5;1-7(17)19-4-8-2-3-9(20-8)16-6-15-10-11(16)13-5-14-12(10)18/h8-10,17-19,21,30H,6-7,11-13H2,1-5H3;5-6,8-9H,2-4H2,1H3,(H,13,14,18)/t17?,18?,19-,21+,23-,24-,25-,26+;/m0./s1. The van der Waals surface area contributed by atoms with Gasteiger partial charge in [-0.1, -0.05) is 18.6 Å². The number of carbonyl (C=O) groups is 4. The highest BCUT2D eigenvalue weighted by molar-refractivity contribution is 6.01. The molecular weight excluding hydrogens is 707 g/mol. The summed E-state index contributed by atoms with van der Waals surface area (Å²) in [6.45, 7) is 9.47. The van der Waals surface area contributed by atoms with Crippen molar-refractivity contribution in [3.63, 3.8) is 0 Å². The van der Waals surface area contributed by atoms with Crippen molar-refractivity contribution >= 4 is 34.7 Å². The molecule has 15 nitrogen and oxygen atoms in total. The van der Waals surface area contributed by atoms with Crippen LogP contribution in [0.25, 0.3) is 11.2 Å². The van der Waals surface area contributed by atoms with Crippen LogP contribution in [0.15, 0.2) is 41.3 Å². The summed E-state index contributed by atoms with van der Waals surface area (Å²) in [6, 6.07) is 0. The Morgan fingerprint density at radius 3 is 2.52 bits per heavy atom. The molecule has 4 unspecified atom stereocenters. The molecule has 0 bridgehead atoms. The van der Waals surface area contributed by atoms with Crippen molar-refractivity contribution in [3.8, 4) is 0 Å². The average Bonchev–Trinajstić information content (AvgIpc) is 3.86. The van der Waals surface area contributed by atoms with Gasteiger partial charge in [0.1, 0.15) is 12.8 Å². The minimum Gasteiger partial charge on any atom is -0.463 e. The number of halogens is 1. The van der Waals surface area contributed by atoms with E-state index in [1.807, 2.05) is 6.92 Å². The van der Waals surface area contributed by atoms with Gasteiger partial charge in [-0.3, -0.25) is 28.5 Å². The number of hydrogen-bond acceptors (Lipinski definition) is 13. The van der Waals surface area contributed by atoms with Crippen molar-refractivity contribution in [2.75, 3.05) is 13.2 Å². The van der Waals surface area contributed by atoms with Crippen LogP contribution in [0.1, 0.15) is 86.3 Å². The van der Waals surface area contributed by atoms with Crippen molar-refractivity contribution in [2.45, 2.75) is 122 Å². The van der Waals surface area contributed by atoms with Crippen LogP contribution in [0, 0.1) is 22.7 Å². The van der Waals surface area contributed by atoms with Gasteiger partial charge in [-0.05, 0) is 77.4 Å². The van der Waals surface area contributed by atoms with Gasteiger partial charge in [0.2, 0.25) is 5.78 Å². The van der Waals surface area contributed by atoms with Crippen LogP contribution < -0.4 is 5.56 Å². The zero-order chi connectivity index (χ0) is 39.0. The van der Waals surface area contributed by atoms with E-state index in [0.29, 0.717) is 36.0 Å². The molecule has 4 aliphatic carbocycles. The molecule has 292 valence electrons. The Morgan fingerprint density at radius 1 is 1.06 bits per heavy atom. The molecule has 0 aromatic carbocycles. The van der Waals surface area contributed by atoms with Gasteiger partial charge in [0, 0.05) is 30.6 Å². The predicted octanol–water partition coefficient (Wildman–Crippen LogP) is 3.35. The molecule has 2 aromatic heterocycles. The van der Waals surface area contributed by atoms with Crippen LogP contribution in [0.4, 0.5) is 4.39 Å². The molecule has 10 atom stereocenters. The van der Waals surface area contributed by atoms with Gasteiger partial charge in [0.15, 0.2) is 40.6 Å². The Kier molecular flexibility index (Phi) is 9.38. The maximum Gasteiger partial charge on any atom is 0.303 e. The zero-order valence-corrected chi connectivity index (χ0v) is 31.3. The molecule has 54 heavy (non-hydrogen) atoms. The minimum absolute atomic E-state index is 0.0168. The van der Waals surface area contributed by atoms with E-state index in [9.17, 15) is 29.1 Å². The summed E-state index contributed by atoms with van der Waals surface area (Å²) in [5, 5.41) is 11.5. The molecule has 2 aromatic rings. The summed E-state index contributed by atoms with van der Waals surface area (Å²) in [5.74, 6) is -3.43. The molecule has 4 heterocycles. The second kappa shape index (κ2) is 13.3. The Morgan fingerprint density at radius 2 is 1.80 bits per heavy atom. The fraction of sp³-hybridized carbons (Fsp3) is 0.658. The highest BCUT2D eigenvalue weighted by atomic mass is 19.1. The van der Waals surface area contributed by atoms with E-state index in [4.69, 9.17) is 23.7 Å². The highest BCUT2D eigenvalue weighted by Crippen LogP contribution is 2.72. The molecule has 2 aliphatic heterocycles. The largest absolute Gasteiger partial charge is 0.463 e. The van der Waals surface area contributed by atoms with Crippen molar-refractivity contribution in [1.82, 2.24) is 19.5 Å². The lowest BCUT2D eigenvalue weighted by Gasteiger charge is -2.62. The lowest BCUT2D eigenvalue weighted by Crippen LogP contribution is -2.70. The number of aromatic amines is 1. The second-order valence-corrected chi connectivity index (χ2v) is 16.2. The summed E-state index contributed by atoms with van der Waals surface area (Å²) in [5.41, 5.74) is -4.31. The number of nitrogens with one attached hydrogen (secondary N) is 1. The molecule has 3 saturated carbocycles. The summed E-state index contributed by atoms with van der Waals surface area (Å²) in [6.07, 6.45) is 7.86. The first-order chi connectivity index (χ1) is 25.4. The number of aliphatic hydroxyl groups is 1. The summed E-state index contributed by atoms with van der Waals surface area (Å²) in [4.78, 5) is 70.1. The van der Waals surface area contributed by atoms with Crippen LogP contribution in [-0.4, -0.2) is 96.7 Å². The lowest BCUT2D eigenvalue weighted by molar-refractivity contribution is -0.246. The molecule has 6 aliphatic rings. The van der Waals surface area contributed by atoms with E-state index < -0.39 is 64.4 Å². The fourth-order valence-electron chi connectivity index (χ4n) is 10.4. The fourth-order valence-corrected chi connectivity index (χ4v) is 10.4. The van der Waals surface area contributed by atoms with Gasteiger partial charge < -0.3 is 33.8 Å². The third kappa shape index (κ3) is 5.78. The monoisotopic (exact) mass is 754 g/mol. The maximum absolute atomic E-state index is 17.3. The number of aromatic nitrogens is 4. The first-order valence-electron chi connectivity index (χ1n) is 18.4. The van der Waals surface area contributed by atoms with E-state index in [1.165, 1.54) is 32.3 Å². The normalized spacial score (nSPS) is 38.7. The third-order valence-corrected chi connectivity index (χ3v) is 12.7. The number of Topliss-reactive ketones (excluding diaryl/α,β-unsaturated/α-hetero) is 1. The van der Waals surface area contributed by atoms with Crippen LogP contribution >= 0.6 is 0 Å². The van der Waals surface area contributed by atoms with Gasteiger partial charge in [-0.15, -0.1) is 0 Å². The topological polar surface area (TPSA) is 198 Å². The number of esters is 2. The van der Waals surface area contributed by atoms with Crippen LogP contribution in [0.3, 0.4) is 0 Å². The van der Waals surface area contributed by atoms with Gasteiger partial charge in [0.25, 0.3) is 5.56 Å². The Labute approximate surface area is 310 Å². The van der Waals surface area contributed by atoms with Crippen molar-refractivity contribution in [3.05, 3.63) is 46.8 Å². The number of imidazole rings is 1. The number of carbonyl (C=O) groups excluding carboxylic acids is 4.